The van der Waals surface area contributed by atoms with Gasteiger partial charge < -0.3 is 10.2 Å². The van der Waals surface area contributed by atoms with Crippen LogP contribution in [-0.2, 0) is 0 Å². The number of rotatable bonds is 7. The van der Waals surface area contributed by atoms with Crippen molar-refractivity contribution >= 4 is 0 Å². The van der Waals surface area contributed by atoms with Crippen LogP contribution in [0.5, 0.6) is 0 Å². The Morgan fingerprint density at radius 1 is 1.18 bits per heavy atom. The van der Waals surface area contributed by atoms with E-state index < -0.39 is 0 Å². The summed E-state index contributed by atoms with van der Waals surface area (Å²) in [7, 11) is 0. The summed E-state index contributed by atoms with van der Waals surface area (Å²) >= 11 is 0. The monoisotopic (exact) mass is 240 g/mol. The predicted molar refractivity (Wildman–Crippen MR) is 76.4 cm³/mol. The molecule has 0 amide bonds. The fourth-order valence-electron chi connectivity index (χ4n) is 3.27. The first kappa shape index (κ1) is 15.0. The summed E-state index contributed by atoms with van der Waals surface area (Å²) < 4.78 is 0. The van der Waals surface area contributed by atoms with Crippen molar-refractivity contribution in [2.75, 3.05) is 32.7 Å². The topological polar surface area (TPSA) is 15.3 Å². The van der Waals surface area contributed by atoms with Crippen LogP contribution in [-0.4, -0.2) is 37.6 Å². The molecule has 2 heteroatoms. The number of hydrogen-bond acceptors (Lipinski definition) is 2. The molecule has 0 bridgehead atoms. The summed E-state index contributed by atoms with van der Waals surface area (Å²) in [6.07, 6.45) is 5.48. The molecule has 2 nitrogen and oxygen atoms in total. The number of nitrogens with one attached hydrogen (secondary N) is 1. The molecule has 1 N–H and O–H groups in total. The van der Waals surface area contributed by atoms with Gasteiger partial charge >= 0.3 is 0 Å². The molecular formula is C15H32N2. The number of piperidine rings is 1. The molecule has 17 heavy (non-hydrogen) atoms. The first-order chi connectivity index (χ1) is 8.12. The Balaban J connectivity index is 2.56. The molecule has 1 fully saturated rings. The Bertz CT molecular complexity index is 190. The summed E-state index contributed by atoms with van der Waals surface area (Å²) in [5.74, 6) is 0.787. The van der Waals surface area contributed by atoms with E-state index in [0.717, 1.165) is 5.92 Å². The molecule has 1 heterocycles. The molecule has 1 saturated heterocycles. The summed E-state index contributed by atoms with van der Waals surface area (Å²) in [4.78, 5) is 2.67. The van der Waals surface area contributed by atoms with Gasteiger partial charge in [0.15, 0.2) is 0 Å². The van der Waals surface area contributed by atoms with E-state index in [1.807, 2.05) is 0 Å². The van der Waals surface area contributed by atoms with Gasteiger partial charge in [0.1, 0.15) is 0 Å². The lowest BCUT2D eigenvalue weighted by atomic mass is 9.75. The third-order valence-corrected chi connectivity index (χ3v) is 4.07. The van der Waals surface area contributed by atoms with Crippen LogP contribution in [0.4, 0.5) is 0 Å². The molecule has 0 aromatic rings. The molecule has 0 aliphatic carbocycles. The molecule has 0 saturated carbocycles. The predicted octanol–water partition coefficient (Wildman–Crippen LogP) is 3.13. The summed E-state index contributed by atoms with van der Waals surface area (Å²) in [5, 5.41) is 3.51. The fraction of sp³-hybridized carbons (Fsp3) is 1.00. The van der Waals surface area contributed by atoms with E-state index >= 15 is 0 Å². The Hall–Kier alpha value is -0.0800. The van der Waals surface area contributed by atoms with Gasteiger partial charge in [-0.25, -0.2) is 0 Å². The third kappa shape index (κ3) is 4.97. The Kier molecular flexibility index (Phi) is 6.50. The summed E-state index contributed by atoms with van der Waals surface area (Å²) in [6, 6.07) is 0. The normalized spacial score (nSPS) is 20.1. The minimum atomic E-state index is 0.602. The Labute approximate surface area is 108 Å². The van der Waals surface area contributed by atoms with E-state index in [1.165, 1.54) is 58.4 Å². The van der Waals surface area contributed by atoms with Crippen LogP contribution in [0.1, 0.15) is 53.4 Å². The van der Waals surface area contributed by atoms with E-state index in [9.17, 15) is 0 Å². The van der Waals surface area contributed by atoms with Crippen LogP contribution in [0.15, 0.2) is 0 Å². The zero-order valence-electron chi connectivity index (χ0n) is 12.4. The van der Waals surface area contributed by atoms with Crippen molar-refractivity contribution < 1.29 is 0 Å². The van der Waals surface area contributed by atoms with Crippen LogP contribution in [0.2, 0.25) is 0 Å². The van der Waals surface area contributed by atoms with Gasteiger partial charge in [-0.15, -0.1) is 0 Å². The molecule has 102 valence electrons. The molecule has 1 rings (SSSR count). The average Bonchev–Trinajstić information content (AvgIpc) is 2.29. The van der Waals surface area contributed by atoms with Crippen molar-refractivity contribution in [2.45, 2.75) is 53.4 Å². The zero-order chi connectivity index (χ0) is 12.7. The van der Waals surface area contributed by atoms with Gasteiger partial charge in [0, 0.05) is 13.1 Å². The van der Waals surface area contributed by atoms with Crippen LogP contribution in [0, 0.1) is 11.3 Å². The molecule has 0 atom stereocenters. The average molecular weight is 240 g/mol. The maximum absolute atomic E-state index is 3.51. The van der Waals surface area contributed by atoms with Crippen LogP contribution in [0.25, 0.3) is 0 Å². The smallest absolute Gasteiger partial charge is 0.00389 e. The lowest BCUT2D eigenvalue weighted by Crippen LogP contribution is -2.45. The number of hydrogen-bond donors (Lipinski definition) is 1. The van der Waals surface area contributed by atoms with E-state index in [2.05, 4.69) is 37.9 Å². The van der Waals surface area contributed by atoms with E-state index in [1.54, 1.807) is 0 Å². The largest absolute Gasteiger partial charge is 0.317 e. The molecule has 1 aliphatic heterocycles. The maximum atomic E-state index is 3.51. The van der Waals surface area contributed by atoms with Gasteiger partial charge in [0.05, 0.1) is 0 Å². The minimum absolute atomic E-state index is 0.602. The van der Waals surface area contributed by atoms with E-state index in [4.69, 9.17) is 0 Å². The lowest BCUT2D eigenvalue weighted by molar-refractivity contribution is 0.0965. The lowest BCUT2D eigenvalue weighted by Gasteiger charge is -2.41. The van der Waals surface area contributed by atoms with Gasteiger partial charge in [0.2, 0.25) is 0 Å². The molecule has 0 spiro atoms. The first-order valence-electron chi connectivity index (χ1n) is 7.55. The second-order valence-corrected chi connectivity index (χ2v) is 6.22. The highest BCUT2D eigenvalue weighted by atomic mass is 15.1. The van der Waals surface area contributed by atoms with Gasteiger partial charge in [0.25, 0.3) is 0 Å². The highest BCUT2D eigenvalue weighted by Crippen LogP contribution is 2.35. The van der Waals surface area contributed by atoms with Crippen LogP contribution in [0.3, 0.4) is 0 Å². The third-order valence-electron chi connectivity index (χ3n) is 4.07. The van der Waals surface area contributed by atoms with Crippen LogP contribution >= 0.6 is 0 Å². The number of nitrogens with zero attached hydrogens (tertiary/aromatic N) is 1. The van der Waals surface area contributed by atoms with Crippen molar-refractivity contribution in [3.63, 3.8) is 0 Å². The maximum Gasteiger partial charge on any atom is 0.00389 e. The van der Waals surface area contributed by atoms with Crippen LogP contribution < -0.4 is 5.32 Å². The SMILES string of the molecule is CCCC1(CN(CC)CC(C)C)CCNCC1. The van der Waals surface area contributed by atoms with Gasteiger partial charge in [-0.05, 0) is 50.2 Å². The highest BCUT2D eigenvalue weighted by Gasteiger charge is 2.32. The molecule has 0 aromatic heterocycles. The molecule has 0 aromatic carbocycles. The Morgan fingerprint density at radius 2 is 1.82 bits per heavy atom. The van der Waals surface area contributed by atoms with Crippen molar-refractivity contribution in [3.8, 4) is 0 Å². The summed E-state index contributed by atoms with van der Waals surface area (Å²) in [6.45, 7) is 15.5. The first-order valence-corrected chi connectivity index (χ1v) is 7.55. The minimum Gasteiger partial charge on any atom is -0.317 e. The summed E-state index contributed by atoms with van der Waals surface area (Å²) in [5.41, 5.74) is 0.602. The van der Waals surface area contributed by atoms with E-state index in [0.29, 0.717) is 5.41 Å². The van der Waals surface area contributed by atoms with Crippen molar-refractivity contribution in [1.82, 2.24) is 10.2 Å². The second-order valence-electron chi connectivity index (χ2n) is 6.22. The van der Waals surface area contributed by atoms with Gasteiger partial charge in [-0.1, -0.05) is 34.1 Å². The van der Waals surface area contributed by atoms with Crippen molar-refractivity contribution in [2.24, 2.45) is 11.3 Å². The molecule has 0 radical (unpaired) electrons. The quantitative estimate of drug-likeness (QED) is 0.735. The zero-order valence-corrected chi connectivity index (χ0v) is 12.4. The van der Waals surface area contributed by atoms with Crippen molar-refractivity contribution in [3.05, 3.63) is 0 Å². The fourth-order valence-corrected chi connectivity index (χ4v) is 3.27. The van der Waals surface area contributed by atoms with Gasteiger partial charge in [-0.3, -0.25) is 0 Å². The molecule has 0 unspecified atom stereocenters. The Morgan fingerprint density at radius 3 is 2.29 bits per heavy atom. The van der Waals surface area contributed by atoms with Gasteiger partial charge in [-0.2, -0.15) is 0 Å². The second kappa shape index (κ2) is 7.38. The highest BCUT2D eigenvalue weighted by molar-refractivity contribution is 4.87. The standard InChI is InChI=1S/C15H32N2/c1-5-7-15(8-10-16-11-9-15)13-17(6-2)12-14(3)4/h14,16H,5-13H2,1-4H3. The van der Waals surface area contributed by atoms with Crippen molar-refractivity contribution in [1.29, 1.82) is 0 Å². The molecule has 1 aliphatic rings. The molecular weight excluding hydrogens is 208 g/mol. The van der Waals surface area contributed by atoms with E-state index in [-0.39, 0.29) is 0 Å².